The minimum Gasteiger partial charge on any atom is -0.465 e. The number of hydrogen-bond donors (Lipinski definition) is 0. The predicted molar refractivity (Wildman–Crippen MR) is 86.1 cm³/mol. The van der Waals surface area contributed by atoms with Gasteiger partial charge in [0.25, 0.3) is 0 Å². The van der Waals surface area contributed by atoms with E-state index < -0.39 is 0 Å². The van der Waals surface area contributed by atoms with Crippen molar-refractivity contribution in [3.8, 4) is 0 Å². The van der Waals surface area contributed by atoms with E-state index >= 15 is 0 Å². The number of alkyl halides is 1. The van der Waals surface area contributed by atoms with E-state index in [9.17, 15) is 9.59 Å². The van der Waals surface area contributed by atoms with Gasteiger partial charge in [-0.15, -0.1) is 11.6 Å². The first-order chi connectivity index (χ1) is 11.0. The zero-order chi connectivity index (χ0) is 16.6. The Hall–Kier alpha value is -2.33. The van der Waals surface area contributed by atoms with Gasteiger partial charge in [-0.25, -0.2) is 9.59 Å². The van der Waals surface area contributed by atoms with Gasteiger partial charge in [0.1, 0.15) is 0 Å². The molecule has 0 bridgehead atoms. The van der Waals surface area contributed by atoms with Crippen LogP contribution < -0.4 is 0 Å². The van der Waals surface area contributed by atoms with Gasteiger partial charge in [-0.2, -0.15) is 0 Å². The van der Waals surface area contributed by atoms with Gasteiger partial charge in [-0.3, -0.25) is 0 Å². The lowest BCUT2D eigenvalue weighted by Crippen LogP contribution is -2.13. The van der Waals surface area contributed by atoms with Crippen LogP contribution in [0.3, 0.4) is 0 Å². The fraction of sp³-hybridized carbons (Fsp3) is 0.222. The van der Waals surface area contributed by atoms with Crippen LogP contribution in [0.5, 0.6) is 0 Å². The average molecular weight is 331 g/mol. The lowest BCUT2D eigenvalue weighted by molar-refractivity contribution is 0.0592. The fourth-order valence-electron chi connectivity index (χ4n) is 2.87. The molecule has 23 heavy (non-hydrogen) atoms. The van der Waals surface area contributed by atoms with Crippen LogP contribution in [-0.4, -0.2) is 26.2 Å². The van der Waals surface area contributed by atoms with E-state index in [1.165, 1.54) is 14.2 Å². The minimum atomic E-state index is -0.381. The number of carbonyl (C=O) groups excluding carboxylic acids is 2. The molecular weight excluding hydrogens is 316 g/mol. The molecule has 0 amide bonds. The van der Waals surface area contributed by atoms with Crippen molar-refractivity contribution in [1.29, 1.82) is 0 Å². The predicted octanol–water partition coefficient (Wildman–Crippen LogP) is 3.49. The molecule has 2 aromatic carbocycles. The lowest BCUT2D eigenvalue weighted by atomic mass is 9.84. The third-order valence-corrected chi connectivity index (χ3v) is 4.53. The Morgan fingerprint density at radius 1 is 0.913 bits per heavy atom. The summed E-state index contributed by atoms with van der Waals surface area (Å²) >= 11 is 6.58. The highest BCUT2D eigenvalue weighted by Gasteiger charge is 2.25. The number of ether oxygens (including phenoxy) is 2. The number of hydrogen-bond acceptors (Lipinski definition) is 4. The van der Waals surface area contributed by atoms with Gasteiger partial charge in [-0.05, 0) is 52.9 Å². The van der Waals surface area contributed by atoms with E-state index in [4.69, 9.17) is 21.1 Å². The van der Waals surface area contributed by atoms with E-state index in [-0.39, 0.29) is 17.3 Å². The molecule has 3 rings (SSSR count). The molecule has 4 nitrogen and oxygen atoms in total. The van der Waals surface area contributed by atoms with Gasteiger partial charge in [0.05, 0.1) is 30.7 Å². The van der Waals surface area contributed by atoms with Crippen molar-refractivity contribution >= 4 is 23.5 Å². The van der Waals surface area contributed by atoms with Crippen LogP contribution in [0.25, 0.3) is 0 Å². The molecular formula is C18H15ClO4. The second-order valence-corrected chi connectivity index (χ2v) is 5.79. The molecule has 0 heterocycles. The van der Waals surface area contributed by atoms with E-state index in [0.29, 0.717) is 17.5 Å². The molecule has 0 radical (unpaired) electrons. The summed E-state index contributed by atoms with van der Waals surface area (Å²) in [4.78, 5) is 23.4. The maximum Gasteiger partial charge on any atom is 0.337 e. The van der Waals surface area contributed by atoms with Crippen molar-refractivity contribution in [2.75, 3.05) is 14.2 Å². The third kappa shape index (κ3) is 2.70. The van der Waals surface area contributed by atoms with Crippen molar-refractivity contribution < 1.29 is 19.1 Å². The summed E-state index contributed by atoms with van der Waals surface area (Å²) in [7, 11) is 2.70. The Bertz CT molecular complexity index is 732. The fourth-order valence-corrected chi connectivity index (χ4v) is 3.30. The number of benzene rings is 2. The zero-order valence-corrected chi connectivity index (χ0v) is 13.5. The number of carbonyl (C=O) groups is 2. The maximum atomic E-state index is 11.7. The Balaban J connectivity index is 2.04. The topological polar surface area (TPSA) is 52.6 Å². The van der Waals surface area contributed by atoms with Gasteiger partial charge in [-0.1, -0.05) is 12.1 Å². The molecule has 0 saturated carbocycles. The molecule has 0 unspecified atom stereocenters. The number of esters is 2. The van der Waals surface area contributed by atoms with Gasteiger partial charge in [0.2, 0.25) is 0 Å². The summed E-state index contributed by atoms with van der Waals surface area (Å²) in [6, 6.07) is 10.7. The van der Waals surface area contributed by atoms with Crippen LogP contribution >= 0.6 is 11.6 Å². The first kappa shape index (κ1) is 15.6. The first-order valence-electron chi connectivity index (χ1n) is 7.11. The summed E-state index contributed by atoms with van der Waals surface area (Å²) in [6.45, 7) is 0. The molecule has 0 aliphatic heterocycles. The average Bonchev–Trinajstić information content (AvgIpc) is 2.59. The molecule has 5 heteroatoms. The molecule has 0 spiro atoms. The van der Waals surface area contributed by atoms with Crippen molar-refractivity contribution in [3.05, 3.63) is 69.8 Å². The number of methoxy groups -OCH3 is 2. The molecule has 0 fully saturated rings. The molecule has 2 aromatic rings. The normalized spacial score (nSPS) is 13.0. The largest absolute Gasteiger partial charge is 0.465 e. The molecule has 118 valence electrons. The third-order valence-electron chi connectivity index (χ3n) is 4.06. The van der Waals surface area contributed by atoms with E-state index in [2.05, 4.69) is 0 Å². The van der Waals surface area contributed by atoms with Gasteiger partial charge >= 0.3 is 11.9 Å². The maximum absolute atomic E-state index is 11.7. The standard InChI is InChI=1S/C18H15ClO4/c1-22-17(20)10-3-5-14-12(7-10)9-13-8-11(18(21)23-2)4-6-15(13)16(14)19/h3-8,16H,9H2,1-2H3. The Kier molecular flexibility index (Phi) is 4.09. The number of fused-ring (bicyclic) bond motifs is 2. The van der Waals surface area contributed by atoms with Crippen LogP contribution in [0.4, 0.5) is 0 Å². The van der Waals surface area contributed by atoms with Crippen LogP contribution in [0.2, 0.25) is 0 Å². The number of halogens is 1. The zero-order valence-electron chi connectivity index (χ0n) is 12.8. The lowest BCUT2D eigenvalue weighted by Gasteiger charge is -2.25. The van der Waals surface area contributed by atoms with E-state index in [1.807, 2.05) is 12.1 Å². The van der Waals surface area contributed by atoms with E-state index in [1.54, 1.807) is 24.3 Å². The summed E-state index contributed by atoms with van der Waals surface area (Å²) < 4.78 is 9.51. The highest BCUT2D eigenvalue weighted by Crippen LogP contribution is 2.40. The highest BCUT2D eigenvalue weighted by molar-refractivity contribution is 6.23. The Morgan fingerprint density at radius 3 is 1.74 bits per heavy atom. The van der Waals surface area contributed by atoms with E-state index in [0.717, 1.165) is 22.3 Å². The molecule has 0 aromatic heterocycles. The van der Waals surface area contributed by atoms with Gasteiger partial charge in [0, 0.05) is 0 Å². The van der Waals surface area contributed by atoms with Crippen LogP contribution in [0.15, 0.2) is 36.4 Å². The van der Waals surface area contributed by atoms with Gasteiger partial charge < -0.3 is 9.47 Å². The summed E-state index contributed by atoms with van der Waals surface area (Å²) in [5, 5.41) is -0.313. The smallest absolute Gasteiger partial charge is 0.337 e. The highest BCUT2D eigenvalue weighted by atomic mass is 35.5. The van der Waals surface area contributed by atoms with Crippen molar-refractivity contribution in [2.24, 2.45) is 0 Å². The summed E-state index contributed by atoms with van der Waals surface area (Å²) in [5.74, 6) is -0.763. The first-order valence-corrected chi connectivity index (χ1v) is 7.55. The van der Waals surface area contributed by atoms with Crippen molar-refractivity contribution in [2.45, 2.75) is 11.8 Å². The minimum absolute atomic E-state index is 0.313. The molecule has 0 saturated heterocycles. The van der Waals surface area contributed by atoms with Crippen LogP contribution in [0, 0.1) is 0 Å². The number of rotatable bonds is 2. The molecule has 1 aliphatic rings. The second-order valence-electron chi connectivity index (χ2n) is 5.35. The van der Waals surface area contributed by atoms with Crippen molar-refractivity contribution in [3.63, 3.8) is 0 Å². The van der Waals surface area contributed by atoms with Crippen LogP contribution in [0.1, 0.15) is 48.3 Å². The summed E-state index contributed by atoms with van der Waals surface area (Å²) in [5.41, 5.74) is 4.84. The molecule has 1 aliphatic carbocycles. The monoisotopic (exact) mass is 330 g/mol. The van der Waals surface area contributed by atoms with Crippen molar-refractivity contribution in [1.82, 2.24) is 0 Å². The molecule has 0 atom stereocenters. The Labute approximate surface area is 139 Å². The van der Waals surface area contributed by atoms with Crippen LogP contribution in [-0.2, 0) is 15.9 Å². The molecule has 0 N–H and O–H groups in total. The Morgan fingerprint density at radius 2 is 1.35 bits per heavy atom. The SMILES string of the molecule is COC(=O)c1ccc2c(c1)Cc1cc(C(=O)OC)ccc1C2Cl. The quantitative estimate of drug-likeness (QED) is 0.625. The second kappa shape index (κ2) is 6.05. The summed E-state index contributed by atoms with van der Waals surface area (Å²) in [6.07, 6.45) is 0.601. The van der Waals surface area contributed by atoms with Gasteiger partial charge in [0.15, 0.2) is 0 Å².